The standard InChI is InChI=1S/C19H17ClN4O/c20-13-7-5-12(6-8-13)16-11-21-17(23-16)9-10-18-22-15-4-2-1-3-14(15)19(25)24-18/h1-5,7,11H,6,8-10H2,(H,21,23)(H,22,24,25). The summed E-state index contributed by atoms with van der Waals surface area (Å²) < 4.78 is 0. The minimum atomic E-state index is -0.100. The number of aryl methyl sites for hydroxylation is 2. The van der Waals surface area contributed by atoms with E-state index >= 15 is 0 Å². The van der Waals surface area contributed by atoms with Gasteiger partial charge in [-0.15, -0.1) is 0 Å². The lowest BCUT2D eigenvalue weighted by atomic mass is 10.0. The highest BCUT2D eigenvalue weighted by molar-refractivity contribution is 6.29. The average molecular weight is 353 g/mol. The van der Waals surface area contributed by atoms with Gasteiger partial charge in [-0.25, -0.2) is 9.97 Å². The first kappa shape index (κ1) is 15.8. The van der Waals surface area contributed by atoms with Gasteiger partial charge in [0.2, 0.25) is 0 Å². The first-order chi connectivity index (χ1) is 12.2. The SMILES string of the molecule is O=c1[nH]c(CCc2nc(C3=CC=C(Cl)CC3)c[nH]2)nc2ccccc12. The highest BCUT2D eigenvalue weighted by atomic mass is 35.5. The predicted octanol–water partition coefficient (Wildman–Crippen LogP) is 3.73. The number of nitrogens with one attached hydrogen (secondary N) is 2. The number of hydrogen-bond acceptors (Lipinski definition) is 3. The Balaban J connectivity index is 1.50. The van der Waals surface area contributed by atoms with Crippen molar-refractivity contribution in [3.63, 3.8) is 0 Å². The van der Waals surface area contributed by atoms with Crippen LogP contribution in [0.2, 0.25) is 0 Å². The maximum atomic E-state index is 12.1. The summed E-state index contributed by atoms with van der Waals surface area (Å²) >= 11 is 6.00. The molecule has 2 N–H and O–H groups in total. The van der Waals surface area contributed by atoms with Gasteiger partial charge in [-0.3, -0.25) is 4.79 Å². The van der Waals surface area contributed by atoms with Crippen molar-refractivity contribution in [3.05, 3.63) is 75.3 Å². The molecule has 5 nitrogen and oxygen atoms in total. The minimum absolute atomic E-state index is 0.100. The molecule has 0 saturated heterocycles. The number of fused-ring (bicyclic) bond motifs is 1. The Labute approximate surface area is 149 Å². The summed E-state index contributed by atoms with van der Waals surface area (Å²) in [5.41, 5.74) is 2.76. The van der Waals surface area contributed by atoms with E-state index in [9.17, 15) is 4.79 Å². The van der Waals surface area contributed by atoms with Gasteiger partial charge in [-0.05, 0) is 36.6 Å². The van der Waals surface area contributed by atoms with Crippen molar-refractivity contribution < 1.29 is 0 Å². The molecule has 126 valence electrons. The lowest BCUT2D eigenvalue weighted by Gasteiger charge is -2.07. The van der Waals surface area contributed by atoms with Crippen LogP contribution in [0, 0.1) is 0 Å². The molecule has 4 rings (SSSR count). The van der Waals surface area contributed by atoms with E-state index in [-0.39, 0.29) is 5.56 Å². The topological polar surface area (TPSA) is 74.4 Å². The minimum Gasteiger partial charge on any atom is -0.348 e. The fourth-order valence-electron chi connectivity index (χ4n) is 2.97. The summed E-state index contributed by atoms with van der Waals surface area (Å²) in [6, 6.07) is 7.36. The number of hydrogen-bond donors (Lipinski definition) is 2. The number of aromatic nitrogens is 4. The summed E-state index contributed by atoms with van der Waals surface area (Å²) in [6.45, 7) is 0. The quantitative estimate of drug-likeness (QED) is 0.751. The second kappa shape index (κ2) is 6.69. The van der Waals surface area contributed by atoms with Gasteiger partial charge >= 0.3 is 0 Å². The maximum absolute atomic E-state index is 12.1. The molecule has 2 aromatic heterocycles. The van der Waals surface area contributed by atoms with Crippen molar-refractivity contribution in [2.45, 2.75) is 25.7 Å². The van der Waals surface area contributed by atoms with Crippen LogP contribution in [0.4, 0.5) is 0 Å². The summed E-state index contributed by atoms with van der Waals surface area (Å²) in [5.74, 6) is 1.56. The number of para-hydroxylation sites is 1. The highest BCUT2D eigenvalue weighted by Crippen LogP contribution is 2.27. The number of benzene rings is 1. The van der Waals surface area contributed by atoms with E-state index in [4.69, 9.17) is 11.6 Å². The summed E-state index contributed by atoms with van der Waals surface area (Å²) in [4.78, 5) is 27.3. The van der Waals surface area contributed by atoms with Crippen LogP contribution in [0.3, 0.4) is 0 Å². The normalized spacial score (nSPS) is 14.4. The van der Waals surface area contributed by atoms with E-state index in [0.29, 0.717) is 24.1 Å². The van der Waals surface area contributed by atoms with Gasteiger partial charge in [-0.1, -0.05) is 29.8 Å². The van der Waals surface area contributed by atoms with Crippen molar-refractivity contribution >= 4 is 28.1 Å². The molecule has 0 amide bonds. The molecule has 1 aromatic carbocycles. The van der Waals surface area contributed by atoms with Crippen LogP contribution in [0.25, 0.3) is 16.5 Å². The second-order valence-corrected chi connectivity index (χ2v) is 6.55. The molecule has 1 aliphatic rings. The summed E-state index contributed by atoms with van der Waals surface area (Å²) in [5, 5.41) is 1.49. The van der Waals surface area contributed by atoms with Crippen LogP contribution in [-0.4, -0.2) is 19.9 Å². The molecule has 0 atom stereocenters. The number of imidazole rings is 1. The molecule has 1 aliphatic carbocycles. The zero-order valence-electron chi connectivity index (χ0n) is 13.6. The van der Waals surface area contributed by atoms with Crippen molar-refractivity contribution in [2.75, 3.05) is 0 Å². The number of allylic oxidation sites excluding steroid dienone is 4. The molecule has 6 heteroatoms. The number of halogens is 1. The molecule has 0 saturated carbocycles. The molecule has 0 fully saturated rings. The van der Waals surface area contributed by atoms with Gasteiger partial charge in [0.1, 0.15) is 11.6 Å². The summed E-state index contributed by atoms with van der Waals surface area (Å²) in [6.07, 6.45) is 8.94. The Bertz CT molecular complexity index is 1040. The van der Waals surface area contributed by atoms with Crippen molar-refractivity contribution in [1.82, 2.24) is 19.9 Å². The molecule has 3 aromatic rings. The Morgan fingerprint density at radius 3 is 2.72 bits per heavy atom. The largest absolute Gasteiger partial charge is 0.348 e. The molecule has 0 bridgehead atoms. The zero-order chi connectivity index (χ0) is 17.2. The Morgan fingerprint density at radius 1 is 1.04 bits per heavy atom. The molecule has 0 radical (unpaired) electrons. The van der Waals surface area contributed by atoms with Crippen LogP contribution in [0.5, 0.6) is 0 Å². The number of nitrogens with zero attached hydrogens (tertiary/aromatic N) is 2. The third-order valence-corrected chi connectivity index (χ3v) is 4.63. The van der Waals surface area contributed by atoms with Crippen LogP contribution >= 0.6 is 11.6 Å². The lowest BCUT2D eigenvalue weighted by molar-refractivity contribution is 0.820. The van der Waals surface area contributed by atoms with Crippen LogP contribution < -0.4 is 5.56 Å². The maximum Gasteiger partial charge on any atom is 0.258 e. The van der Waals surface area contributed by atoms with Crippen molar-refractivity contribution in [2.24, 2.45) is 0 Å². The lowest BCUT2D eigenvalue weighted by Crippen LogP contribution is -2.12. The second-order valence-electron chi connectivity index (χ2n) is 6.07. The number of aromatic amines is 2. The molecule has 0 unspecified atom stereocenters. The Morgan fingerprint density at radius 2 is 1.88 bits per heavy atom. The van der Waals surface area contributed by atoms with E-state index in [1.165, 1.54) is 5.57 Å². The van der Waals surface area contributed by atoms with Gasteiger partial charge in [0.15, 0.2) is 0 Å². The van der Waals surface area contributed by atoms with E-state index < -0.39 is 0 Å². The first-order valence-corrected chi connectivity index (χ1v) is 8.65. The average Bonchev–Trinajstić information content (AvgIpc) is 3.10. The molecular weight excluding hydrogens is 336 g/mol. The smallest absolute Gasteiger partial charge is 0.258 e. The van der Waals surface area contributed by atoms with E-state index in [1.54, 1.807) is 6.07 Å². The summed E-state index contributed by atoms with van der Waals surface area (Å²) in [7, 11) is 0. The third kappa shape index (κ3) is 3.42. The predicted molar refractivity (Wildman–Crippen MR) is 99.5 cm³/mol. The first-order valence-electron chi connectivity index (χ1n) is 8.27. The monoisotopic (exact) mass is 352 g/mol. The van der Waals surface area contributed by atoms with Gasteiger partial charge in [0, 0.05) is 24.1 Å². The highest BCUT2D eigenvalue weighted by Gasteiger charge is 2.11. The fraction of sp³-hybridized carbons (Fsp3) is 0.211. The van der Waals surface area contributed by atoms with Gasteiger partial charge < -0.3 is 9.97 Å². The molecule has 2 heterocycles. The zero-order valence-corrected chi connectivity index (χ0v) is 14.3. The molecule has 0 aliphatic heterocycles. The van der Waals surface area contributed by atoms with Crippen LogP contribution in [0.1, 0.15) is 30.2 Å². The fourth-order valence-corrected chi connectivity index (χ4v) is 3.13. The van der Waals surface area contributed by atoms with Crippen molar-refractivity contribution in [3.8, 4) is 0 Å². The van der Waals surface area contributed by atoms with Gasteiger partial charge in [-0.2, -0.15) is 0 Å². The molecular formula is C19H17ClN4O. The van der Waals surface area contributed by atoms with Crippen LogP contribution in [-0.2, 0) is 12.8 Å². The third-order valence-electron chi connectivity index (χ3n) is 4.32. The van der Waals surface area contributed by atoms with E-state index in [1.807, 2.05) is 36.5 Å². The van der Waals surface area contributed by atoms with E-state index in [0.717, 1.165) is 34.9 Å². The Hall–Kier alpha value is -2.66. The van der Waals surface area contributed by atoms with Crippen LogP contribution in [0.15, 0.2) is 52.4 Å². The molecule has 0 spiro atoms. The number of H-pyrrole nitrogens is 2. The van der Waals surface area contributed by atoms with E-state index in [2.05, 4.69) is 19.9 Å². The van der Waals surface area contributed by atoms with Gasteiger partial charge in [0.25, 0.3) is 5.56 Å². The van der Waals surface area contributed by atoms with Crippen molar-refractivity contribution in [1.29, 1.82) is 0 Å². The number of rotatable bonds is 4. The Kier molecular flexibility index (Phi) is 4.24. The van der Waals surface area contributed by atoms with Gasteiger partial charge in [0.05, 0.1) is 16.6 Å². The molecule has 25 heavy (non-hydrogen) atoms.